The van der Waals surface area contributed by atoms with Crippen molar-refractivity contribution in [2.24, 2.45) is 0 Å². The van der Waals surface area contributed by atoms with E-state index in [1.165, 1.54) is 0 Å². The summed E-state index contributed by atoms with van der Waals surface area (Å²) in [6.07, 6.45) is 1.68. The number of carbonyl (C=O) groups is 2. The maximum atomic E-state index is 12.5. The number of fused-ring (bicyclic) bond motifs is 1. The van der Waals surface area contributed by atoms with Gasteiger partial charge in [-0.05, 0) is 32.9 Å². The lowest BCUT2D eigenvalue weighted by molar-refractivity contribution is 0.0940. The molecule has 0 aliphatic rings. The fourth-order valence-corrected chi connectivity index (χ4v) is 2.29. The van der Waals surface area contributed by atoms with Crippen molar-refractivity contribution in [3.8, 4) is 0 Å². The Morgan fingerprint density at radius 3 is 2.71 bits per heavy atom. The van der Waals surface area contributed by atoms with Gasteiger partial charge in [-0.25, -0.2) is 4.98 Å². The van der Waals surface area contributed by atoms with Crippen LogP contribution in [0.5, 0.6) is 0 Å². The van der Waals surface area contributed by atoms with Crippen LogP contribution in [-0.4, -0.2) is 32.4 Å². The Labute approximate surface area is 137 Å². The summed E-state index contributed by atoms with van der Waals surface area (Å²) in [7, 11) is 0. The van der Waals surface area contributed by atoms with E-state index in [0.717, 1.165) is 0 Å². The van der Waals surface area contributed by atoms with E-state index in [1.807, 2.05) is 13.8 Å². The summed E-state index contributed by atoms with van der Waals surface area (Å²) in [4.78, 5) is 29.0. The largest absolute Gasteiger partial charge is 0.360 e. The Morgan fingerprint density at radius 1 is 1.25 bits per heavy atom. The average Bonchev–Trinajstić information content (AvgIpc) is 3.10. The second-order valence-electron chi connectivity index (χ2n) is 5.64. The smallest absolute Gasteiger partial charge is 0.293 e. The third kappa shape index (κ3) is 2.98. The van der Waals surface area contributed by atoms with E-state index in [1.54, 1.807) is 41.8 Å². The molecule has 0 bridgehead atoms. The Morgan fingerprint density at radius 2 is 2.04 bits per heavy atom. The maximum Gasteiger partial charge on any atom is 0.293 e. The number of aryl methyl sites for hydroxylation is 1. The molecule has 0 unspecified atom stereocenters. The molecular formula is C16H17N5O3. The molecule has 2 N–H and O–H groups in total. The molecule has 3 rings (SSSR count). The number of pyridine rings is 1. The molecule has 2 amide bonds. The van der Waals surface area contributed by atoms with E-state index in [4.69, 9.17) is 4.52 Å². The highest BCUT2D eigenvalue weighted by atomic mass is 16.5. The molecule has 0 atom stereocenters. The Bertz CT molecular complexity index is 909. The van der Waals surface area contributed by atoms with Gasteiger partial charge in [0.1, 0.15) is 5.76 Å². The van der Waals surface area contributed by atoms with E-state index in [2.05, 4.69) is 20.8 Å². The molecule has 0 fully saturated rings. The second-order valence-corrected chi connectivity index (χ2v) is 5.64. The highest BCUT2D eigenvalue weighted by Gasteiger charge is 2.22. The minimum absolute atomic E-state index is 0.0339. The lowest BCUT2D eigenvalue weighted by atomic mass is 10.3. The van der Waals surface area contributed by atoms with Gasteiger partial charge in [-0.2, -0.15) is 0 Å². The van der Waals surface area contributed by atoms with Crippen LogP contribution in [0.4, 0.5) is 5.82 Å². The molecule has 0 aromatic carbocycles. The first kappa shape index (κ1) is 15.7. The first-order valence-electron chi connectivity index (χ1n) is 7.48. The number of hydrogen-bond donors (Lipinski definition) is 2. The molecular weight excluding hydrogens is 310 g/mol. The first-order chi connectivity index (χ1) is 11.5. The van der Waals surface area contributed by atoms with E-state index in [9.17, 15) is 9.59 Å². The highest BCUT2D eigenvalue weighted by molar-refractivity contribution is 6.05. The molecule has 0 aliphatic carbocycles. The number of nitrogens with one attached hydrogen (secondary N) is 2. The number of imidazole rings is 1. The number of hydrogen-bond acceptors (Lipinski definition) is 5. The number of anilines is 1. The molecule has 0 saturated carbocycles. The van der Waals surface area contributed by atoms with Crippen LogP contribution >= 0.6 is 0 Å². The van der Waals surface area contributed by atoms with Crippen LogP contribution in [0, 0.1) is 6.92 Å². The number of amides is 2. The number of aromatic nitrogens is 3. The zero-order valence-electron chi connectivity index (χ0n) is 13.5. The monoisotopic (exact) mass is 327 g/mol. The molecule has 3 aromatic rings. The third-order valence-electron chi connectivity index (χ3n) is 3.26. The zero-order chi connectivity index (χ0) is 17.3. The van der Waals surface area contributed by atoms with Gasteiger partial charge in [-0.1, -0.05) is 11.2 Å². The van der Waals surface area contributed by atoms with Crippen molar-refractivity contribution in [2.75, 3.05) is 5.32 Å². The third-order valence-corrected chi connectivity index (χ3v) is 3.26. The van der Waals surface area contributed by atoms with Crippen molar-refractivity contribution in [1.29, 1.82) is 0 Å². The van der Waals surface area contributed by atoms with Crippen molar-refractivity contribution >= 4 is 23.1 Å². The fraction of sp³-hybridized carbons (Fsp3) is 0.250. The normalized spacial score (nSPS) is 11.0. The summed E-state index contributed by atoms with van der Waals surface area (Å²) in [5.41, 5.74) is 0.753. The predicted octanol–water partition coefficient (Wildman–Crippen LogP) is 2.02. The molecule has 0 radical (unpaired) electrons. The standard InChI is InChI=1S/C16H17N5O3/c1-9(2)17-15(22)13-11-6-4-5-7-21(11)14(19-13)16(23)18-12-8-10(3)24-20-12/h4-9H,1-3H3,(H,17,22)(H,18,20,23). The molecule has 0 spiro atoms. The van der Waals surface area contributed by atoms with Crippen molar-refractivity contribution in [1.82, 2.24) is 19.9 Å². The maximum absolute atomic E-state index is 12.5. The molecule has 24 heavy (non-hydrogen) atoms. The van der Waals surface area contributed by atoms with Gasteiger partial charge in [0.2, 0.25) is 5.82 Å². The van der Waals surface area contributed by atoms with Crippen LogP contribution in [0.2, 0.25) is 0 Å². The van der Waals surface area contributed by atoms with Gasteiger partial charge in [0.15, 0.2) is 11.5 Å². The minimum atomic E-state index is -0.479. The van der Waals surface area contributed by atoms with Crippen LogP contribution in [0.3, 0.4) is 0 Å². The fourth-order valence-electron chi connectivity index (χ4n) is 2.29. The average molecular weight is 327 g/mol. The Kier molecular flexibility index (Phi) is 4.03. The van der Waals surface area contributed by atoms with E-state index >= 15 is 0 Å². The van der Waals surface area contributed by atoms with Gasteiger partial charge in [-0.3, -0.25) is 14.0 Å². The minimum Gasteiger partial charge on any atom is -0.360 e. The molecule has 124 valence electrons. The number of nitrogens with zero attached hydrogens (tertiary/aromatic N) is 3. The SMILES string of the molecule is Cc1cc(NC(=O)c2nc(C(=O)NC(C)C)c3ccccn23)no1. The number of carbonyl (C=O) groups excluding carboxylic acids is 2. The Balaban J connectivity index is 1.98. The van der Waals surface area contributed by atoms with Gasteiger partial charge in [0.05, 0.1) is 5.52 Å². The van der Waals surface area contributed by atoms with E-state index in [0.29, 0.717) is 17.1 Å². The summed E-state index contributed by atoms with van der Waals surface area (Å²) in [5, 5.41) is 9.11. The summed E-state index contributed by atoms with van der Waals surface area (Å²) < 4.78 is 6.49. The quantitative estimate of drug-likeness (QED) is 0.763. The predicted molar refractivity (Wildman–Crippen MR) is 87.0 cm³/mol. The first-order valence-corrected chi connectivity index (χ1v) is 7.48. The summed E-state index contributed by atoms with van der Waals surface area (Å²) in [5.74, 6) is 0.159. The van der Waals surface area contributed by atoms with Crippen molar-refractivity contribution in [3.63, 3.8) is 0 Å². The summed E-state index contributed by atoms with van der Waals surface area (Å²) in [6.45, 7) is 5.44. The Hall–Kier alpha value is -3.16. The topological polar surface area (TPSA) is 102 Å². The lowest BCUT2D eigenvalue weighted by Gasteiger charge is -2.06. The van der Waals surface area contributed by atoms with Crippen LogP contribution in [0.1, 0.15) is 40.7 Å². The molecule has 0 saturated heterocycles. The molecule has 0 aliphatic heterocycles. The molecule has 8 nitrogen and oxygen atoms in total. The molecule has 3 heterocycles. The van der Waals surface area contributed by atoms with Gasteiger partial charge in [0, 0.05) is 18.3 Å². The summed E-state index contributed by atoms with van der Waals surface area (Å²) in [6, 6.07) is 6.84. The van der Waals surface area contributed by atoms with Gasteiger partial charge >= 0.3 is 0 Å². The molecule has 3 aromatic heterocycles. The van der Waals surface area contributed by atoms with Crippen LogP contribution in [-0.2, 0) is 0 Å². The van der Waals surface area contributed by atoms with E-state index < -0.39 is 5.91 Å². The van der Waals surface area contributed by atoms with Gasteiger partial charge in [-0.15, -0.1) is 0 Å². The number of rotatable bonds is 4. The van der Waals surface area contributed by atoms with E-state index in [-0.39, 0.29) is 23.5 Å². The van der Waals surface area contributed by atoms with Crippen LogP contribution < -0.4 is 10.6 Å². The highest BCUT2D eigenvalue weighted by Crippen LogP contribution is 2.15. The summed E-state index contributed by atoms with van der Waals surface area (Å²) >= 11 is 0. The van der Waals surface area contributed by atoms with Crippen LogP contribution in [0.15, 0.2) is 35.0 Å². The van der Waals surface area contributed by atoms with Gasteiger partial charge < -0.3 is 15.2 Å². The van der Waals surface area contributed by atoms with Crippen molar-refractivity contribution in [3.05, 3.63) is 47.7 Å². The van der Waals surface area contributed by atoms with Crippen molar-refractivity contribution in [2.45, 2.75) is 26.8 Å². The zero-order valence-corrected chi connectivity index (χ0v) is 13.5. The second kappa shape index (κ2) is 6.15. The molecule has 8 heteroatoms. The van der Waals surface area contributed by atoms with Crippen molar-refractivity contribution < 1.29 is 14.1 Å². The van der Waals surface area contributed by atoms with Crippen LogP contribution in [0.25, 0.3) is 5.52 Å². The van der Waals surface area contributed by atoms with Gasteiger partial charge in [0.25, 0.3) is 11.8 Å². The lowest BCUT2D eigenvalue weighted by Crippen LogP contribution is -2.30.